The van der Waals surface area contributed by atoms with Gasteiger partial charge in [0.25, 0.3) is 0 Å². The summed E-state index contributed by atoms with van der Waals surface area (Å²) in [6.07, 6.45) is 4.93. The zero-order valence-corrected chi connectivity index (χ0v) is 11.7. The molecule has 0 aromatic rings. The fourth-order valence-corrected chi connectivity index (χ4v) is 2.57. The molecule has 1 saturated carbocycles. The molecule has 0 aliphatic heterocycles. The lowest BCUT2D eigenvalue weighted by Crippen LogP contribution is -2.39. The molecule has 0 aromatic heterocycles. The van der Waals surface area contributed by atoms with E-state index in [1.165, 1.54) is 0 Å². The van der Waals surface area contributed by atoms with Gasteiger partial charge in [0.15, 0.2) is 0 Å². The van der Waals surface area contributed by atoms with Crippen LogP contribution >= 0.6 is 0 Å². The summed E-state index contributed by atoms with van der Waals surface area (Å²) in [7, 11) is 0. The second-order valence-corrected chi connectivity index (χ2v) is 4.79. The molecule has 108 valence electrons. The number of carbonyl (C=O) groups is 2. The average molecular weight is 269 g/mol. The number of nitrogens with zero attached hydrogens (tertiary/aromatic N) is 1. The summed E-state index contributed by atoms with van der Waals surface area (Å²) in [5.74, 6) is -0.231. The number of primary amides is 1. The summed E-state index contributed by atoms with van der Waals surface area (Å²) in [5, 5.41) is 4.02. The number of unbranched alkanes of at least 4 members (excludes halogenated alkanes) is 1. The molecule has 19 heavy (non-hydrogen) atoms. The number of hydrogen-bond acceptors (Lipinski definition) is 4. The van der Waals surface area contributed by atoms with Crippen LogP contribution in [0.2, 0.25) is 0 Å². The number of carbonyl (C=O) groups excluding carboxylic acids is 2. The van der Waals surface area contributed by atoms with Crippen molar-refractivity contribution in [3.8, 4) is 0 Å². The van der Waals surface area contributed by atoms with Gasteiger partial charge in [-0.25, -0.2) is 10.2 Å². The van der Waals surface area contributed by atoms with Crippen molar-refractivity contribution in [1.29, 1.82) is 0 Å². The van der Waals surface area contributed by atoms with E-state index < -0.39 is 11.4 Å². The highest BCUT2D eigenvalue weighted by Crippen LogP contribution is 2.41. The van der Waals surface area contributed by atoms with E-state index in [0.29, 0.717) is 25.2 Å². The second-order valence-electron chi connectivity index (χ2n) is 4.79. The first-order valence-corrected chi connectivity index (χ1v) is 6.86. The number of amides is 2. The summed E-state index contributed by atoms with van der Waals surface area (Å²) in [6.45, 7) is 4.22. The van der Waals surface area contributed by atoms with Gasteiger partial charge in [-0.15, -0.1) is 0 Å². The van der Waals surface area contributed by atoms with Crippen molar-refractivity contribution in [2.75, 3.05) is 6.61 Å². The van der Waals surface area contributed by atoms with E-state index in [9.17, 15) is 9.59 Å². The number of nitrogens with two attached hydrogens (primary N) is 1. The molecule has 0 aromatic carbocycles. The van der Waals surface area contributed by atoms with Gasteiger partial charge in [0.05, 0.1) is 12.3 Å². The van der Waals surface area contributed by atoms with Crippen molar-refractivity contribution in [3.05, 3.63) is 0 Å². The van der Waals surface area contributed by atoms with Crippen LogP contribution in [0.5, 0.6) is 0 Å². The summed E-state index contributed by atoms with van der Waals surface area (Å²) >= 11 is 0. The number of urea groups is 1. The Morgan fingerprint density at radius 1 is 1.47 bits per heavy atom. The van der Waals surface area contributed by atoms with Gasteiger partial charge in [-0.3, -0.25) is 4.79 Å². The Kier molecular flexibility index (Phi) is 5.79. The number of hydrogen-bond donors (Lipinski definition) is 2. The van der Waals surface area contributed by atoms with Gasteiger partial charge in [-0.05, 0) is 32.6 Å². The van der Waals surface area contributed by atoms with Crippen LogP contribution in [0, 0.1) is 5.41 Å². The first-order valence-electron chi connectivity index (χ1n) is 6.86. The quantitative estimate of drug-likeness (QED) is 0.570. The second kappa shape index (κ2) is 7.11. The Bertz CT molecular complexity index is 368. The Labute approximate surface area is 113 Å². The molecule has 6 nitrogen and oxygen atoms in total. The lowest BCUT2D eigenvalue weighted by molar-refractivity contribution is -0.151. The van der Waals surface area contributed by atoms with Crippen molar-refractivity contribution in [2.24, 2.45) is 16.3 Å². The van der Waals surface area contributed by atoms with Crippen LogP contribution < -0.4 is 11.2 Å². The van der Waals surface area contributed by atoms with Crippen LogP contribution in [-0.4, -0.2) is 24.3 Å². The number of ether oxygens (including phenoxy) is 1. The zero-order valence-electron chi connectivity index (χ0n) is 11.7. The lowest BCUT2D eigenvalue weighted by Gasteiger charge is -2.27. The minimum Gasteiger partial charge on any atom is -0.465 e. The summed E-state index contributed by atoms with van der Waals surface area (Å²) in [5.41, 5.74) is 7.28. The van der Waals surface area contributed by atoms with Crippen LogP contribution in [0.1, 0.15) is 52.4 Å². The molecule has 1 fully saturated rings. The molecule has 1 rings (SSSR count). The molecular formula is C13H23N3O3. The van der Waals surface area contributed by atoms with E-state index in [-0.39, 0.29) is 5.97 Å². The maximum absolute atomic E-state index is 12.3. The predicted molar refractivity (Wildman–Crippen MR) is 72.6 cm³/mol. The largest absolute Gasteiger partial charge is 0.465 e. The topological polar surface area (TPSA) is 93.8 Å². The Balaban J connectivity index is 2.95. The molecule has 0 heterocycles. The lowest BCUT2D eigenvalue weighted by atomic mass is 9.79. The maximum atomic E-state index is 12.3. The molecule has 0 saturated heterocycles. The van der Waals surface area contributed by atoms with Crippen LogP contribution in [0.4, 0.5) is 4.79 Å². The van der Waals surface area contributed by atoms with Crippen LogP contribution in [0.25, 0.3) is 0 Å². The van der Waals surface area contributed by atoms with Gasteiger partial charge in [-0.1, -0.05) is 19.8 Å². The smallest absolute Gasteiger partial charge is 0.332 e. The van der Waals surface area contributed by atoms with Gasteiger partial charge >= 0.3 is 12.0 Å². The van der Waals surface area contributed by atoms with E-state index in [2.05, 4.69) is 17.5 Å². The van der Waals surface area contributed by atoms with Crippen molar-refractivity contribution >= 4 is 17.7 Å². The third-order valence-corrected chi connectivity index (χ3v) is 3.49. The summed E-state index contributed by atoms with van der Waals surface area (Å²) in [4.78, 5) is 23.0. The number of rotatable bonds is 6. The normalized spacial score (nSPS) is 24.4. The molecule has 3 N–H and O–H groups in total. The van der Waals surface area contributed by atoms with Gasteiger partial charge in [0, 0.05) is 0 Å². The summed E-state index contributed by atoms with van der Waals surface area (Å²) in [6, 6.07) is -0.715. The molecule has 1 atom stereocenters. The van der Waals surface area contributed by atoms with Crippen LogP contribution in [0.3, 0.4) is 0 Å². The maximum Gasteiger partial charge on any atom is 0.332 e. The van der Waals surface area contributed by atoms with Crippen molar-refractivity contribution in [1.82, 2.24) is 5.43 Å². The molecular weight excluding hydrogens is 246 g/mol. The van der Waals surface area contributed by atoms with Gasteiger partial charge in [-0.2, -0.15) is 5.10 Å². The standard InChI is InChI=1S/C13H23N3O3/c1-3-5-8-13(11(17)19-4-2)9-6-7-10(13)15-16-12(14)18/h3-9H2,1-2H3,(H3,14,16,18). The molecule has 0 spiro atoms. The van der Waals surface area contributed by atoms with Crippen molar-refractivity contribution in [2.45, 2.75) is 52.4 Å². The Morgan fingerprint density at radius 2 is 2.21 bits per heavy atom. The third kappa shape index (κ3) is 3.68. The van der Waals surface area contributed by atoms with E-state index in [4.69, 9.17) is 10.5 Å². The van der Waals surface area contributed by atoms with E-state index in [0.717, 1.165) is 25.7 Å². The average Bonchev–Trinajstić information content (AvgIpc) is 2.78. The minimum atomic E-state index is -0.715. The summed E-state index contributed by atoms with van der Waals surface area (Å²) < 4.78 is 5.20. The molecule has 0 radical (unpaired) electrons. The fourth-order valence-electron chi connectivity index (χ4n) is 2.57. The van der Waals surface area contributed by atoms with E-state index >= 15 is 0 Å². The molecule has 1 unspecified atom stereocenters. The zero-order chi connectivity index (χ0) is 14.3. The van der Waals surface area contributed by atoms with Crippen molar-refractivity contribution < 1.29 is 14.3 Å². The number of hydrazone groups is 1. The first kappa shape index (κ1) is 15.5. The van der Waals surface area contributed by atoms with Crippen molar-refractivity contribution in [3.63, 3.8) is 0 Å². The molecule has 0 bridgehead atoms. The molecule has 1 aliphatic carbocycles. The van der Waals surface area contributed by atoms with Crippen LogP contribution in [0.15, 0.2) is 5.10 Å². The highest BCUT2D eigenvalue weighted by molar-refractivity contribution is 6.08. The van der Waals surface area contributed by atoms with Crippen LogP contribution in [-0.2, 0) is 9.53 Å². The monoisotopic (exact) mass is 269 g/mol. The van der Waals surface area contributed by atoms with E-state index in [1.807, 2.05) is 0 Å². The Morgan fingerprint density at radius 3 is 2.79 bits per heavy atom. The third-order valence-electron chi connectivity index (χ3n) is 3.49. The first-order chi connectivity index (χ1) is 9.06. The molecule has 6 heteroatoms. The highest BCUT2D eigenvalue weighted by Gasteiger charge is 2.47. The van der Waals surface area contributed by atoms with Gasteiger partial charge in [0.1, 0.15) is 5.41 Å². The Hall–Kier alpha value is -1.59. The SMILES string of the molecule is CCCCC1(C(=O)OCC)CCCC1=NNC(N)=O. The predicted octanol–water partition coefficient (Wildman–Crippen LogP) is 1.93. The number of nitrogens with one attached hydrogen (secondary N) is 1. The highest BCUT2D eigenvalue weighted by atomic mass is 16.5. The molecule has 1 aliphatic rings. The van der Waals surface area contributed by atoms with E-state index in [1.54, 1.807) is 6.92 Å². The molecule has 2 amide bonds. The van der Waals surface area contributed by atoms with Gasteiger partial charge < -0.3 is 10.5 Å². The fraction of sp³-hybridized carbons (Fsp3) is 0.769. The van der Waals surface area contributed by atoms with Gasteiger partial charge in [0.2, 0.25) is 0 Å². The minimum absolute atomic E-state index is 0.231. The number of esters is 1.